The predicted molar refractivity (Wildman–Crippen MR) is 40.5 cm³/mol. The Kier molecular flexibility index (Phi) is 2.47. The lowest BCUT2D eigenvalue weighted by Gasteiger charge is -2.01. The number of aliphatic hydroxyl groups excluding tert-OH is 1. The molecule has 0 fully saturated rings. The van der Waals surface area contributed by atoms with Crippen LogP contribution in [0.15, 0.2) is 15.3 Å². The first-order valence-electron chi connectivity index (χ1n) is 3.34. The van der Waals surface area contributed by atoms with Gasteiger partial charge in [-0.3, -0.25) is 4.79 Å². The molecule has 0 saturated carbocycles. The van der Waals surface area contributed by atoms with Gasteiger partial charge in [0.1, 0.15) is 12.4 Å². The van der Waals surface area contributed by atoms with E-state index >= 15 is 0 Å². The number of aliphatic hydroxyl groups is 1. The fourth-order valence-corrected chi connectivity index (χ4v) is 0.796. The molecule has 0 aliphatic carbocycles. The molecule has 0 amide bonds. The summed E-state index contributed by atoms with van der Waals surface area (Å²) in [5.74, 6) is -0.473. The van der Waals surface area contributed by atoms with Crippen LogP contribution in [0.25, 0.3) is 0 Å². The molecule has 12 heavy (non-hydrogen) atoms. The Morgan fingerprint density at radius 1 is 1.58 bits per heavy atom. The first kappa shape index (κ1) is 8.76. The third-order valence-electron chi connectivity index (χ3n) is 1.39. The van der Waals surface area contributed by atoms with Gasteiger partial charge in [-0.25, -0.2) is 0 Å². The molecule has 1 rings (SSSR count). The number of aromatic hydroxyl groups is 1. The quantitative estimate of drug-likeness (QED) is 0.546. The van der Waals surface area contributed by atoms with Gasteiger partial charge >= 0.3 is 0 Å². The lowest BCUT2D eigenvalue weighted by molar-refractivity contribution is 0.228. The fourth-order valence-electron chi connectivity index (χ4n) is 0.796. The van der Waals surface area contributed by atoms with E-state index in [2.05, 4.69) is 0 Å². The molecule has 4 N–H and O–H groups in total. The molecule has 0 radical (unpaired) electrons. The van der Waals surface area contributed by atoms with Gasteiger partial charge < -0.3 is 20.4 Å². The molecular formula is C7H9NO4. The van der Waals surface area contributed by atoms with Crippen LogP contribution in [0.4, 0.5) is 0 Å². The van der Waals surface area contributed by atoms with Crippen LogP contribution in [-0.2, 0) is 13.2 Å². The van der Waals surface area contributed by atoms with Crippen molar-refractivity contribution in [2.75, 3.05) is 0 Å². The van der Waals surface area contributed by atoms with E-state index in [0.717, 1.165) is 6.07 Å². The SMILES string of the molecule is NCc1cc(=O)c(O)c(CO)o1. The second-order valence-corrected chi connectivity index (χ2v) is 2.21. The Morgan fingerprint density at radius 3 is 2.75 bits per heavy atom. The number of nitrogens with two attached hydrogens (primary N) is 1. The summed E-state index contributed by atoms with van der Waals surface area (Å²) in [6, 6.07) is 1.09. The monoisotopic (exact) mass is 171 g/mol. The average molecular weight is 171 g/mol. The van der Waals surface area contributed by atoms with Crippen molar-refractivity contribution in [2.45, 2.75) is 13.2 Å². The van der Waals surface area contributed by atoms with Gasteiger partial charge in [0.15, 0.2) is 5.76 Å². The van der Waals surface area contributed by atoms with Crippen LogP contribution in [-0.4, -0.2) is 10.2 Å². The van der Waals surface area contributed by atoms with Crippen molar-refractivity contribution in [1.29, 1.82) is 0 Å². The molecular weight excluding hydrogens is 162 g/mol. The van der Waals surface area contributed by atoms with E-state index in [0.29, 0.717) is 0 Å². The minimum atomic E-state index is -0.592. The van der Waals surface area contributed by atoms with E-state index in [1.165, 1.54) is 0 Å². The maximum absolute atomic E-state index is 10.9. The summed E-state index contributed by atoms with van der Waals surface area (Å²) in [5, 5.41) is 17.6. The van der Waals surface area contributed by atoms with Gasteiger partial charge in [0.05, 0.1) is 6.54 Å². The van der Waals surface area contributed by atoms with Crippen molar-refractivity contribution in [3.05, 3.63) is 27.8 Å². The van der Waals surface area contributed by atoms with Gasteiger partial charge in [-0.2, -0.15) is 0 Å². The smallest absolute Gasteiger partial charge is 0.227 e. The lowest BCUT2D eigenvalue weighted by Crippen LogP contribution is -2.07. The van der Waals surface area contributed by atoms with E-state index in [1.54, 1.807) is 0 Å². The Labute approximate surface area is 68.1 Å². The summed E-state index contributed by atoms with van der Waals surface area (Å²) in [5.41, 5.74) is 4.60. The van der Waals surface area contributed by atoms with Crippen LogP contribution in [0.1, 0.15) is 11.5 Å². The Balaban J connectivity index is 3.29. The number of hydrogen-bond donors (Lipinski definition) is 3. The van der Waals surface area contributed by atoms with Crippen molar-refractivity contribution in [1.82, 2.24) is 0 Å². The molecule has 0 spiro atoms. The highest BCUT2D eigenvalue weighted by molar-refractivity contribution is 5.24. The predicted octanol–water partition coefficient (Wildman–Crippen LogP) is -0.704. The van der Waals surface area contributed by atoms with Crippen LogP contribution < -0.4 is 11.2 Å². The van der Waals surface area contributed by atoms with Crippen LogP contribution in [0.2, 0.25) is 0 Å². The molecule has 1 heterocycles. The third-order valence-corrected chi connectivity index (χ3v) is 1.39. The second-order valence-electron chi connectivity index (χ2n) is 2.21. The van der Waals surface area contributed by atoms with E-state index in [4.69, 9.17) is 20.4 Å². The highest BCUT2D eigenvalue weighted by atomic mass is 16.4. The summed E-state index contributed by atoms with van der Waals surface area (Å²) in [6.07, 6.45) is 0. The molecule has 5 heteroatoms. The normalized spacial score (nSPS) is 10.2. The van der Waals surface area contributed by atoms with E-state index in [9.17, 15) is 4.79 Å². The van der Waals surface area contributed by atoms with Gasteiger partial charge in [0.25, 0.3) is 0 Å². The largest absolute Gasteiger partial charge is 0.502 e. The summed E-state index contributed by atoms with van der Waals surface area (Å²) in [6.45, 7) is -0.461. The zero-order valence-corrected chi connectivity index (χ0v) is 6.28. The van der Waals surface area contributed by atoms with Gasteiger partial charge in [0.2, 0.25) is 11.2 Å². The number of rotatable bonds is 2. The fraction of sp³-hybridized carbons (Fsp3) is 0.286. The second kappa shape index (κ2) is 3.38. The molecule has 0 atom stereocenters. The summed E-state index contributed by atoms with van der Waals surface area (Å²) in [4.78, 5) is 10.9. The topological polar surface area (TPSA) is 96.7 Å². The highest BCUT2D eigenvalue weighted by Gasteiger charge is 2.08. The van der Waals surface area contributed by atoms with Crippen molar-refractivity contribution in [3.63, 3.8) is 0 Å². The first-order chi connectivity index (χ1) is 5.69. The van der Waals surface area contributed by atoms with Crippen LogP contribution in [0, 0.1) is 0 Å². The lowest BCUT2D eigenvalue weighted by atomic mass is 10.3. The molecule has 0 aliphatic heterocycles. The van der Waals surface area contributed by atoms with E-state index in [1.807, 2.05) is 0 Å². The third kappa shape index (κ3) is 1.46. The van der Waals surface area contributed by atoms with Gasteiger partial charge in [-0.15, -0.1) is 0 Å². The molecule has 0 saturated heterocycles. The van der Waals surface area contributed by atoms with Crippen molar-refractivity contribution in [3.8, 4) is 5.75 Å². The van der Waals surface area contributed by atoms with Crippen molar-refractivity contribution >= 4 is 0 Å². The Hall–Kier alpha value is -1.33. The summed E-state index contributed by atoms with van der Waals surface area (Å²) >= 11 is 0. The van der Waals surface area contributed by atoms with Crippen molar-refractivity contribution in [2.24, 2.45) is 5.73 Å². The maximum atomic E-state index is 10.9. The molecule has 1 aromatic heterocycles. The standard InChI is InChI=1S/C7H9NO4/c8-2-4-1-5(10)7(11)6(3-9)12-4/h1,9,11H,2-3,8H2. The molecule has 5 nitrogen and oxygen atoms in total. The molecule has 1 aromatic rings. The zero-order chi connectivity index (χ0) is 9.14. The molecule has 0 aliphatic rings. The molecule has 0 unspecified atom stereocenters. The minimum Gasteiger partial charge on any atom is -0.502 e. The van der Waals surface area contributed by atoms with Gasteiger partial charge in [-0.05, 0) is 0 Å². The Bertz CT molecular complexity index is 331. The average Bonchev–Trinajstić information content (AvgIpc) is 2.09. The van der Waals surface area contributed by atoms with Crippen LogP contribution in [0.5, 0.6) is 5.75 Å². The first-order valence-corrected chi connectivity index (χ1v) is 3.34. The van der Waals surface area contributed by atoms with Gasteiger partial charge in [-0.1, -0.05) is 0 Å². The van der Waals surface area contributed by atoms with E-state index in [-0.39, 0.29) is 18.1 Å². The van der Waals surface area contributed by atoms with Crippen molar-refractivity contribution < 1.29 is 14.6 Å². The molecule has 66 valence electrons. The van der Waals surface area contributed by atoms with Gasteiger partial charge in [0, 0.05) is 6.07 Å². The summed E-state index contributed by atoms with van der Waals surface area (Å²) < 4.78 is 4.86. The van der Waals surface area contributed by atoms with E-state index < -0.39 is 17.8 Å². The summed E-state index contributed by atoms with van der Waals surface area (Å²) in [7, 11) is 0. The minimum absolute atomic E-state index is 0.0581. The molecule has 0 bridgehead atoms. The molecule has 0 aromatic carbocycles. The maximum Gasteiger partial charge on any atom is 0.227 e. The van der Waals surface area contributed by atoms with Crippen LogP contribution >= 0.6 is 0 Å². The highest BCUT2D eigenvalue weighted by Crippen LogP contribution is 2.12. The number of hydrogen-bond acceptors (Lipinski definition) is 5. The Morgan fingerprint density at radius 2 is 2.25 bits per heavy atom. The zero-order valence-electron chi connectivity index (χ0n) is 6.28. The van der Waals surface area contributed by atoms with Crippen LogP contribution in [0.3, 0.4) is 0 Å².